The van der Waals surface area contributed by atoms with Crippen LogP contribution in [-0.4, -0.2) is 58.4 Å². The molecule has 0 spiro atoms. The van der Waals surface area contributed by atoms with Gasteiger partial charge in [-0.3, -0.25) is 9.59 Å². The lowest BCUT2D eigenvalue weighted by molar-refractivity contribution is -0.127. The lowest BCUT2D eigenvalue weighted by atomic mass is 10.3. The van der Waals surface area contributed by atoms with E-state index >= 15 is 0 Å². The number of hydrogen-bond donors (Lipinski definition) is 1. The Kier molecular flexibility index (Phi) is 6.49. The topological polar surface area (TPSA) is 70.5 Å². The molecule has 0 atom stereocenters. The van der Waals surface area contributed by atoms with Crippen LogP contribution >= 0.6 is 11.6 Å². The van der Waals surface area contributed by atoms with Crippen LogP contribution in [0, 0.1) is 0 Å². The van der Waals surface area contributed by atoms with E-state index in [4.69, 9.17) is 11.6 Å². The molecule has 1 aliphatic heterocycles. The predicted molar refractivity (Wildman–Crippen MR) is 109 cm³/mol. The highest BCUT2D eigenvalue weighted by Crippen LogP contribution is 2.22. The third-order valence-electron chi connectivity index (χ3n) is 4.53. The Balaban J connectivity index is 1.63. The monoisotopic (exact) mass is 401 g/mol. The summed E-state index contributed by atoms with van der Waals surface area (Å²) in [5.74, 6) is 0.399. The second-order valence-corrected chi connectivity index (χ2v) is 7.31. The van der Waals surface area contributed by atoms with Crippen molar-refractivity contribution in [2.75, 3.05) is 32.5 Å². The molecular formula is C20H24ClN5O2. The van der Waals surface area contributed by atoms with Gasteiger partial charge < -0.3 is 19.7 Å². The largest absolute Gasteiger partial charge is 0.330 e. The van der Waals surface area contributed by atoms with Crippen LogP contribution in [0.1, 0.15) is 22.7 Å². The molecule has 0 unspecified atom stereocenters. The van der Waals surface area contributed by atoms with Crippen LogP contribution in [0.4, 0.5) is 5.69 Å². The molecule has 0 fully saturated rings. The first-order valence-corrected chi connectivity index (χ1v) is 9.54. The van der Waals surface area contributed by atoms with Gasteiger partial charge in [0.1, 0.15) is 11.5 Å². The summed E-state index contributed by atoms with van der Waals surface area (Å²) in [6, 6.07) is 7.08. The molecule has 0 radical (unpaired) electrons. The fraction of sp³-hybridized carbons (Fsp3) is 0.350. The quantitative estimate of drug-likeness (QED) is 0.755. The van der Waals surface area contributed by atoms with Crippen LogP contribution in [0.25, 0.3) is 0 Å². The molecule has 0 bridgehead atoms. The van der Waals surface area contributed by atoms with Gasteiger partial charge in [0.15, 0.2) is 0 Å². The maximum atomic E-state index is 12.6. The minimum Gasteiger partial charge on any atom is -0.330 e. The van der Waals surface area contributed by atoms with Crippen molar-refractivity contribution in [3.8, 4) is 0 Å². The third-order valence-corrected chi connectivity index (χ3v) is 4.86. The maximum absolute atomic E-state index is 12.6. The number of halogens is 1. The van der Waals surface area contributed by atoms with Gasteiger partial charge in [0.2, 0.25) is 5.91 Å². The van der Waals surface area contributed by atoms with E-state index in [1.165, 1.54) is 0 Å². The first-order chi connectivity index (χ1) is 13.5. The van der Waals surface area contributed by atoms with Crippen molar-refractivity contribution in [2.45, 2.75) is 19.5 Å². The summed E-state index contributed by atoms with van der Waals surface area (Å²) >= 11 is 6.11. The van der Waals surface area contributed by atoms with Crippen molar-refractivity contribution in [1.82, 2.24) is 19.4 Å². The molecule has 7 nitrogen and oxygen atoms in total. The molecule has 1 aliphatic rings. The standard InChI is InChI=1S/C20H24ClN5O2/c1-24(2)10-6-5-9-19(27)25-11-12-26-17(13-22-18(26)14-25)20(28)23-16-8-4-3-7-15(16)21/h3-5,7-9,13H,6,10-12,14H2,1-2H3,(H,23,28)/b9-5+. The normalized spacial score (nSPS) is 13.8. The second-order valence-electron chi connectivity index (χ2n) is 6.90. The van der Waals surface area contributed by atoms with E-state index in [9.17, 15) is 9.59 Å². The Morgan fingerprint density at radius 1 is 1.29 bits per heavy atom. The summed E-state index contributed by atoms with van der Waals surface area (Å²) in [7, 11) is 4.00. The van der Waals surface area contributed by atoms with Gasteiger partial charge in [0, 0.05) is 19.6 Å². The molecule has 2 amide bonds. The van der Waals surface area contributed by atoms with E-state index < -0.39 is 0 Å². The number of nitrogens with zero attached hydrogens (tertiary/aromatic N) is 4. The van der Waals surface area contributed by atoms with Gasteiger partial charge in [0.25, 0.3) is 5.91 Å². The van der Waals surface area contributed by atoms with Gasteiger partial charge in [-0.1, -0.05) is 29.8 Å². The van der Waals surface area contributed by atoms with Gasteiger partial charge in [-0.15, -0.1) is 0 Å². The number of hydrogen-bond acceptors (Lipinski definition) is 4. The summed E-state index contributed by atoms with van der Waals surface area (Å²) in [5.41, 5.74) is 1.02. The van der Waals surface area contributed by atoms with Gasteiger partial charge in [-0.05, 0) is 38.7 Å². The number of carbonyl (C=O) groups is 2. The highest BCUT2D eigenvalue weighted by atomic mass is 35.5. The molecule has 28 heavy (non-hydrogen) atoms. The number of benzene rings is 1. The molecule has 1 aromatic carbocycles. The zero-order chi connectivity index (χ0) is 20.1. The number of amides is 2. The number of imidazole rings is 1. The van der Waals surface area contributed by atoms with Crippen LogP contribution in [0.5, 0.6) is 0 Å². The highest BCUT2D eigenvalue weighted by molar-refractivity contribution is 6.33. The average molecular weight is 402 g/mol. The molecule has 1 aromatic heterocycles. The van der Waals surface area contributed by atoms with E-state index in [-0.39, 0.29) is 11.8 Å². The molecule has 1 N–H and O–H groups in total. The number of anilines is 1. The number of carbonyl (C=O) groups excluding carboxylic acids is 2. The van der Waals surface area contributed by atoms with E-state index in [2.05, 4.69) is 15.2 Å². The van der Waals surface area contributed by atoms with Crippen molar-refractivity contribution >= 4 is 29.1 Å². The second kappa shape index (κ2) is 9.03. The summed E-state index contributed by atoms with van der Waals surface area (Å²) in [6.07, 6.45) is 5.88. The number of nitrogens with one attached hydrogen (secondary N) is 1. The smallest absolute Gasteiger partial charge is 0.273 e. The molecule has 0 saturated carbocycles. The third kappa shape index (κ3) is 4.79. The van der Waals surface area contributed by atoms with E-state index in [1.807, 2.05) is 30.8 Å². The van der Waals surface area contributed by atoms with Crippen LogP contribution < -0.4 is 5.32 Å². The van der Waals surface area contributed by atoms with Gasteiger partial charge in [-0.2, -0.15) is 0 Å². The van der Waals surface area contributed by atoms with Crippen LogP contribution in [0.2, 0.25) is 5.02 Å². The summed E-state index contributed by atoms with van der Waals surface area (Å²) in [5, 5.41) is 3.29. The fourth-order valence-corrected chi connectivity index (χ4v) is 3.18. The molecule has 0 saturated heterocycles. The molecule has 148 valence electrons. The van der Waals surface area contributed by atoms with Crippen molar-refractivity contribution in [3.63, 3.8) is 0 Å². The first kappa shape index (κ1) is 20.1. The summed E-state index contributed by atoms with van der Waals surface area (Å²) in [4.78, 5) is 33.1. The van der Waals surface area contributed by atoms with Crippen LogP contribution in [0.15, 0.2) is 42.6 Å². The molecule has 2 aromatic rings. The van der Waals surface area contributed by atoms with Crippen molar-refractivity contribution in [3.05, 3.63) is 59.2 Å². The summed E-state index contributed by atoms with van der Waals surface area (Å²) in [6.45, 7) is 2.35. The summed E-state index contributed by atoms with van der Waals surface area (Å²) < 4.78 is 1.85. The van der Waals surface area contributed by atoms with E-state index in [0.29, 0.717) is 41.9 Å². The predicted octanol–water partition coefficient (Wildman–Crippen LogP) is 2.64. The molecule has 8 heteroatoms. The Bertz CT molecular complexity index is 890. The number of rotatable bonds is 6. The van der Waals surface area contributed by atoms with Crippen molar-refractivity contribution in [2.24, 2.45) is 0 Å². The number of aromatic nitrogens is 2. The Labute approximate surface area is 169 Å². The van der Waals surface area contributed by atoms with Crippen LogP contribution in [0.3, 0.4) is 0 Å². The van der Waals surface area contributed by atoms with Crippen molar-refractivity contribution < 1.29 is 9.59 Å². The zero-order valence-corrected chi connectivity index (χ0v) is 16.8. The Hall–Kier alpha value is -2.64. The lowest BCUT2D eigenvalue weighted by Crippen LogP contribution is -2.38. The fourth-order valence-electron chi connectivity index (χ4n) is 3.00. The molecular weight excluding hydrogens is 378 g/mol. The SMILES string of the molecule is CN(C)CC/C=C/C(=O)N1CCn2c(C(=O)Nc3ccccc3Cl)cnc2C1. The van der Waals surface area contributed by atoms with Gasteiger partial charge in [-0.25, -0.2) is 4.98 Å². The van der Waals surface area contributed by atoms with Crippen LogP contribution in [-0.2, 0) is 17.9 Å². The number of para-hydroxylation sites is 1. The van der Waals surface area contributed by atoms with E-state index in [1.54, 1.807) is 35.4 Å². The highest BCUT2D eigenvalue weighted by Gasteiger charge is 2.24. The average Bonchev–Trinajstić information content (AvgIpc) is 3.10. The van der Waals surface area contributed by atoms with Crippen molar-refractivity contribution in [1.29, 1.82) is 0 Å². The molecule has 2 heterocycles. The Morgan fingerprint density at radius 3 is 2.82 bits per heavy atom. The molecule has 3 rings (SSSR count). The minimum atomic E-state index is -0.268. The minimum absolute atomic E-state index is 0.0323. The van der Waals surface area contributed by atoms with E-state index in [0.717, 1.165) is 13.0 Å². The lowest BCUT2D eigenvalue weighted by Gasteiger charge is -2.27. The Morgan fingerprint density at radius 2 is 2.07 bits per heavy atom. The first-order valence-electron chi connectivity index (χ1n) is 9.16. The van der Waals surface area contributed by atoms with Gasteiger partial charge >= 0.3 is 0 Å². The zero-order valence-electron chi connectivity index (χ0n) is 16.1. The maximum Gasteiger partial charge on any atom is 0.273 e. The molecule has 0 aliphatic carbocycles. The number of fused-ring (bicyclic) bond motifs is 1. The van der Waals surface area contributed by atoms with Gasteiger partial charge in [0.05, 0.1) is 23.5 Å².